The summed E-state index contributed by atoms with van der Waals surface area (Å²) >= 11 is 0. The second kappa shape index (κ2) is 6.26. The lowest BCUT2D eigenvalue weighted by molar-refractivity contribution is -0.140. The van der Waals surface area contributed by atoms with Crippen LogP contribution in [0.25, 0.3) is 0 Å². The van der Waals surface area contributed by atoms with Crippen molar-refractivity contribution in [3.63, 3.8) is 0 Å². The maximum absolute atomic E-state index is 13.1. The highest BCUT2D eigenvalue weighted by Gasteiger charge is 2.41. The summed E-state index contributed by atoms with van der Waals surface area (Å²) in [5.41, 5.74) is 8.53. The number of nitrogens with zero attached hydrogens (tertiary/aromatic N) is 5. The molecule has 2 aromatic heterocycles. The highest BCUT2D eigenvalue weighted by molar-refractivity contribution is 5.81. The van der Waals surface area contributed by atoms with Crippen molar-refractivity contribution in [2.45, 2.75) is 46.2 Å². The summed E-state index contributed by atoms with van der Waals surface area (Å²) in [6, 6.07) is 2.08. The number of nitrogens with two attached hydrogens (primary N) is 1. The Morgan fingerprint density at radius 3 is 2.73 bits per heavy atom. The number of nitrogen functional groups attached to an aromatic ring is 1. The van der Waals surface area contributed by atoms with Crippen LogP contribution in [0, 0.1) is 26.7 Å². The Labute approximate surface area is 152 Å². The van der Waals surface area contributed by atoms with E-state index in [1.54, 1.807) is 0 Å². The van der Waals surface area contributed by atoms with E-state index in [2.05, 4.69) is 20.0 Å². The molecule has 0 unspecified atom stereocenters. The molecule has 3 saturated heterocycles. The topological polar surface area (TPSA) is 101 Å². The molecule has 0 radical (unpaired) electrons. The van der Waals surface area contributed by atoms with E-state index in [-0.39, 0.29) is 23.8 Å². The molecule has 2 aromatic rings. The van der Waals surface area contributed by atoms with Gasteiger partial charge >= 0.3 is 0 Å². The molecule has 8 nitrogen and oxygen atoms in total. The summed E-state index contributed by atoms with van der Waals surface area (Å²) < 4.78 is 5.27. The average Bonchev–Trinajstić information content (AvgIpc) is 2.77. The van der Waals surface area contributed by atoms with E-state index in [9.17, 15) is 4.79 Å². The lowest BCUT2D eigenvalue weighted by atomic mass is 9.93. The number of hydrogen-bond acceptors (Lipinski definition) is 7. The van der Waals surface area contributed by atoms with Crippen molar-refractivity contribution in [1.82, 2.24) is 20.0 Å². The van der Waals surface area contributed by atoms with E-state index in [1.807, 2.05) is 31.7 Å². The fraction of sp³-hybridized carbons (Fsp3) is 0.556. The molecule has 2 atom stereocenters. The van der Waals surface area contributed by atoms with Gasteiger partial charge < -0.3 is 20.1 Å². The van der Waals surface area contributed by atoms with Crippen LogP contribution in [0.5, 0.6) is 0 Å². The molecular formula is C18H24N6O2. The van der Waals surface area contributed by atoms with Crippen molar-refractivity contribution in [3.8, 4) is 0 Å². The molecule has 138 valence electrons. The minimum absolute atomic E-state index is 0.0225. The Morgan fingerprint density at radius 1 is 1.23 bits per heavy atom. The van der Waals surface area contributed by atoms with Crippen molar-refractivity contribution in [2.75, 3.05) is 23.7 Å². The van der Waals surface area contributed by atoms with Gasteiger partial charge in [-0.25, -0.2) is 4.98 Å². The summed E-state index contributed by atoms with van der Waals surface area (Å²) in [5, 5.41) is 4.02. The summed E-state index contributed by atoms with van der Waals surface area (Å²) in [6.45, 7) is 7.70. The number of fused-ring (bicyclic) bond motifs is 4. The van der Waals surface area contributed by atoms with Gasteiger partial charge in [0, 0.05) is 36.5 Å². The summed E-state index contributed by atoms with van der Waals surface area (Å²) in [6.07, 6.45) is 1.91. The third kappa shape index (κ3) is 2.89. The van der Waals surface area contributed by atoms with E-state index < -0.39 is 0 Å². The van der Waals surface area contributed by atoms with Crippen molar-refractivity contribution >= 4 is 17.7 Å². The van der Waals surface area contributed by atoms with Gasteiger partial charge in [0.25, 0.3) is 0 Å². The first-order valence-electron chi connectivity index (χ1n) is 9.00. The first-order valence-corrected chi connectivity index (χ1v) is 9.00. The lowest BCUT2D eigenvalue weighted by Gasteiger charge is -2.35. The molecule has 2 bridgehead atoms. The van der Waals surface area contributed by atoms with Crippen LogP contribution in [0.4, 0.5) is 11.8 Å². The highest BCUT2D eigenvalue weighted by atomic mass is 16.5. The van der Waals surface area contributed by atoms with Crippen molar-refractivity contribution in [3.05, 3.63) is 28.8 Å². The SMILES string of the molecule is Cc1cc(N2C[C@@H]3CC[C@H](C2)N(Cc2c(C)noc2C)C3=O)nc(N)n1. The second-order valence-electron chi connectivity index (χ2n) is 7.33. The maximum Gasteiger partial charge on any atom is 0.228 e. The third-order valence-corrected chi connectivity index (χ3v) is 5.49. The molecule has 5 rings (SSSR count). The Hall–Kier alpha value is -2.64. The zero-order valence-electron chi connectivity index (χ0n) is 15.4. The number of aryl methyl sites for hydroxylation is 3. The van der Waals surface area contributed by atoms with Crippen LogP contribution in [0.3, 0.4) is 0 Å². The molecule has 8 heteroatoms. The van der Waals surface area contributed by atoms with Gasteiger partial charge in [-0.2, -0.15) is 4.98 Å². The Morgan fingerprint density at radius 2 is 2.04 bits per heavy atom. The molecule has 3 aliphatic rings. The largest absolute Gasteiger partial charge is 0.368 e. The highest BCUT2D eigenvalue weighted by Crippen LogP contribution is 2.33. The van der Waals surface area contributed by atoms with Gasteiger partial charge in [-0.15, -0.1) is 0 Å². The summed E-state index contributed by atoms with van der Waals surface area (Å²) in [7, 11) is 0. The fourth-order valence-electron chi connectivity index (χ4n) is 4.07. The van der Waals surface area contributed by atoms with Gasteiger partial charge in [0.2, 0.25) is 11.9 Å². The minimum atomic E-state index is -0.0225. The average molecular weight is 356 g/mol. The van der Waals surface area contributed by atoms with Gasteiger partial charge in [-0.1, -0.05) is 5.16 Å². The van der Waals surface area contributed by atoms with E-state index in [0.29, 0.717) is 13.1 Å². The van der Waals surface area contributed by atoms with Crippen LogP contribution in [0.1, 0.15) is 35.6 Å². The number of rotatable bonds is 3. The van der Waals surface area contributed by atoms with E-state index >= 15 is 0 Å². The standard InChI is InChI=1S/C18H24N6O2/c1-10-6-16(21-18(19)20-10)23-7-13-4-5-14(8-23)24(17(13)25)9-15-11(2)22-26-12(15)3/h6,13-14H,4-5,7-9H2,1-3H3,(H2,19,20,21)/t13-,14+/m0/s1. The molecule has 0 aromatic carbocycles. The molecule has 1 amide bonds. The molecule has 26 heavy (non-hydrogen) atoms. The summed E-state index contributed by atoms with van der Waals surface area (Å²) in [4.78, 5) is 25.8. The number of carbonyl (C=O) groups excluding carboxylic acids is 1. The van der Waals surface area contributed by atoms with Crippen LogP contribution in [0.2, 0.25) is 0 Å². The monoisotopic (exact) mass is 356 g/mol. The van der Waals surface area contributed by atoms with E-state index in [0.717, 1.165) is 47.9 Å². The van der Waals surface area contributed by atoms with Gasteiger partial charge in [0.1, 0.15) is 11.6 Å². The molecule has 3 aliphatic heterocycles. The van der Waals surface area contributed by atoms with Crippen molar-refractivity contribution in [1.29, 1.82) is 0 Å². The molecule has 0 spiro atoms. The van der Waals surface area contributed by atoms with E-state index in [4.69, 9.17) is 10.3 Å². The van der Waals surface area contributed by atoms with Gasteiger partial charge in [0.05, 0.1) is 18.2 Å². The predicted molar refractivity (Wildman–Crippen MR) is 96.4 cm³/mol. The van der Waals surface area contributed by atoms with Crippen LogP contribution in [0.15, 0.2) is 10.6 Å². The zero-order valence-corrected chi connectivity index (χ0v) is 15.4. The maximum atomic E-state index is 13.1. The third-order valence-electron chi connectivity index (χ3n) is 5.49. The molecule has 5 heterocycles. The number of hydrogen-bond donors (Lipinski definition) is 1. The number of carbonyl (C=O) groups is 1. The molecule has 3 fully saturated rings. The first kappa shape index (κ1) is 16.8. The normalized spacial score (nSPS) is 22.8. The van der Waals surface area contributed by atoms with Crippen LogP contribution < -0.4 is 10.6 Å². The lowest BCUT2D eigenvalue weighted by Crippen LogP contribution is -2.47. The van der Waals surface area contributed by atoms with E-state index in [1.165, 1.54) is 0 Å². The van der Waals surface area contributed by atoms with Crippen LogP contribution in [-0.4, -0.2) is 45.1 Å². The summed E-state index contributed by atoms with van der Waals surface area (Å²) in [5.74, 6) is 2.05. The van der Waals surface area contributed by atoms with Crippen molar-refractivity contribution < 1.29 is 9.32 Å². The number of aromatic nitrogens is 3. The first-order chi connectivity index (χ1) is 12.4. The Kier molecular flexibility index (Phi) is 4.05. The number of anilines is 2. The van der Waals surface area contributed by atoms with Crippen LogP contribution >= 0.6 is 0 Å². The fourth-order valence-corrected chi connectivity index (χ4v) is 4.07. The number of amides is 1. The van der Waals surface area contributed by atoms with Crippen molar-refractivity contribution in [2.24, 2.45) is 5.92 Å². The Bertz CT molecular complexity index is 808. The second-order valence-corrected chi connectivity index (χ2v) is 7.33. The van der Waals surface area contributed by atoms with Crippen LogP contribution in [-0.2, 0) is 11.3 Å². The van der Waals surface area contributed by atoms with Gasteiger partial charge in [-0.05, 0) is 33.6 Å². The predicted octanol–water partition coefficient (Wildman–Crippen LogP) is 1.60. The molecule has 0 saturated carbocycles. The van der Waals surface area contributed by atoms with Gasteiger partial charge in [0.15, 0.2) is 0 Å². The number of piperidine rings is 1. The smallest absolute Gasteiger partial charge is 0.228 e. The molecular weight excluding hydrogens is 332 g/mol. The zero-order chi connectivity index (χ0) is 18.4. The minimum Gasteiger partial charge on any atom is -0.368 e. The Balaban J connectivity index is 1.62. The van der Waals surface area contributed by atoms with Gasteiger partial charge in [-0.3, -0.25) is 4.79 Å². The quantitative estimate of drug-likeness (QED) is 0.891. The molecule has 0 aliphatic carbocycles. The molecule has 2 N–H and O–H groups in total.